The lowest BCUT2D eigenvalue weighted by molar-refractivity contribution is -0.140. The molecule has 1 aliphatic heterocycles. The van der Waals surface area contributed by atoms with Gasteiger partial charge in [0.25, 0.3) is 0 Å². The summed E-state index contributed by atoms with van der Waals surface area (Å²) < 4.78 is 5.65. The van der Waals surface area contributed by atoms with Gasteiger partial charge in [-0.05, 0) is 30.3 Å². The zero-order valence-corrected chi connectivity index (χ0v) is 13.8. The van der Waals surface area contributed by atoms with E-state index < -0.39 is 0 Å². The molecular formula is C18H17ClN2O3. The molecule has 24 heavy (non-hydrogen) atoms. The lowest BCUT2D eigenvalue weighted by atomic mass is 10.0. The summed E-state index contributed by atoms with van der Waals surface area (Å²) in [5.74, 6) is 0.479. The van der Waals surface area contributed by atoms with Crippen molar-refractivity contribution in [1.29, 1.82) is 0 Å². The number of benzene rings is 1. The summed E-state index contributed by atoms with van der Waals surface area (Å²) in [6.45, 7) is 1.06. The second-order valence-electron chi connectivity index (χ2n) is 5.64. The Balaban J connectivity index is 1.40. The fraction of sp³-hybridized carbons (Fsp3) is 0.278. The van der Waals surface area contributed by atoms with E-state index in [0.717, 1.165) is 0 Å². The van der Waals surface area contributed by atoms with Crippen LogP contribution in [0.25, 0.3) is 0 Å². The first-order chi connectivity index (χ1) is 11.6. The Bertz CT molecular complexity index is 713. The van der Waals surface area contributed by atoms with Crippen molar-refractivity contribution >= 4 is 23.3 Å². The van der Waals surface area contributed by atoms with Crippen LogP contribution in [-0.4, -0.2) is 40.8 Å². The lowest BCUT2D eigenvalue weighted by Gasteiger charge is -2.38. The maximum atomic E-state index is 12.1. The lowest BCUT2D eigenvalue weighted by Crippen LogP contribution is -2.56. The molecule has 1 saturated heterocycles. The minimum Gasteiger partial charge on any atom is -0.471 e. The number of pyridine rings is 1. The summed E-state index contributed by atoms with van der Waals surface area (Å²) in [5, 5.41) is 0.585. The number of carbonyl (C=O) groups excluding carboxylic acids is 2. The number of Topliss-reactive ketones (excluding diaryl/α,β-unsaturated/α-hetero) is 1. The van der Waals surface area contributed by atoms with E-state index in [2.05, 4.69) is 4.98 Å². The Morgan fingerprint density at radius 3 is 2.54 bits per heavy atom. The molecule has 0 atom stereocenters. The highest BCUT2D eigenvalue weighted by Crippen LogP contribution is 2.18. The molecule has 1 aromatic heterocycles. The number of hydrogen-bond donors (Lipinski definition) is 0. The van der Waals surface area contributed by atoms with Crippen molar-refractivity contribution in [3.05, 3.63) is 59.2 Å². The van der Waals surface area contributed by atoms with E-state index in [9.17, 15) is 9.59 Å². The number of aromatic nitrogens is 1. The minimum atomic E-state index is -0.0539. The van der Waals surface area contributed by atoms with E-state index in [0.29, 0.717) is 29.6 Å². The number of likely N-dealkylation sites (tertiary alicyclic amines) is 1. The molecule has 1 fully saturated rings. The van der Waals surface area contributed by atoms with Crippen LogP contribution in [0.4, 0.5) is 0 Å². The molecule has 3 rings (SSSR count). The van der Waals surface area contributed by atoms with Gasteiger partial charge in [0.05, 0.1) is 13.1 Å². The first kappa shape index (κ1) is 16.5. The highest BCUT2D eigenvalue weighted by molar-refractivity contribution is 6.30. The van der Waals surface area contributed by atoms with Crippen LogP contribution in [0.1, 0.15) is 23.2 Å². The van der Waals surface area contributed by atoms with Crippen LogP contribution in [-0.2, 0) is 4.79 Å². The molecule has 1 aromatic carbocycles. The molecule has 0 unspecified atom stereocenters. The number of halogens is 1. The maximum Gasteiger partial charge on any atom is 0.223 e. The van der Waals surface area contributed by atoms with Gasteiger partial charge in [0.2, 0.25) is 11.8 Å². The number of nitrogens with zero attached hydrogens (tertiary/aromatic N) is 2. The molecule has 0 spiro atoms. The fourth-order valence-corrected chi connectivity index (χ4v) is 2.59. The predicted molar refractivity (Wildman–Crippen MR) is 90.2 cm³/mol. The molecule has 0 aliphatic carbocycles. The van der Waals surface area contributed by atoms with Crippen molar-refractivity contribution < 1.29 is 14.3 Å². The van der Waals surface area contributed by atoms with Crippen LogP contribution in [0.3, 0.4) is 0 Å². The van der Waals surface area contributed by atoms with Gasteiger partial charge in [-0.3, -0.25) is 9.59 Å². The Hall–Kier alpha value is -2.40. The summed E-state index contributed by atoms with van der Waals surface area (Å²) in [4.78, 5) is 29.9. The Kier molecular flexibility index (Phi) is 5.11. The number of amides is 1. The van der Waals surface area contributed by atoms with Crippen LogP contribution >= 0.6 is 11.6 Å². The molecule has 0 N–H and O–H groups in total. The summed E-state index contributed by atoms with van der Waals surface area (Å²) in [7, 11) is 0. The standard InChI is InChI=1S/C18H17ClN2O3/c19-14-6-4-13(5-7-14)16(22)8-9-18(23)21-11-15(12-21)24-17-3-1-2-10-20-17/h1-7,10,15H,8-9,11-12H2. The summed E-state index contributed by atoms with van der Waals surface area (Å²) >= 11 is 5.80. The smallest absolute Gasteiger partial charge is 0.223 e. The average molecular weight is 345 g/mol. The van der Waals surface area contributed by atoms with Crippen LogP contribution in [0.5, 0.6) is 5.88 Å². The van der Waals surface area contributed by atoms with Crippen molar-refractivity contribution in [1.82, 2.24) is 9.88 Å². The highest BCUT2D eigenvalue weighted by Gasteiger charge is 2.32. The number of rotatable bonds is 6. The molecule has 5 nitrogen and oxygen atoms in total. The summed E-state index contributed by atoms with van der Waals surface area (Å²) in [5.41, 5.74) is 0.576. The molecule has 1 aliphatic rings. The van der Waals surface area contributed by atoms with Gasteiger partial charge in [-0.25, -0.2) is 4.98 Å². The Morgan fingerprint density at radius 1 is 1.12 bits per heavy atom. The van der Waals surface area contributed by atoms with E-state index in [1.54, 1.807) is 41.4 Å². The molecule has 2 aromatic rings. The Labute approximate surface area is 145 Å². The van der Waals surface area contributed by atoms with Gasteiger partial charge in [-0.1, -0.05) is 17.7 Å². The number of carbonyl (C=O) groups is 2. The normalized spacial score (nSPS) is 14.1. The van der Waals surface area contributed by atoms with Gasteiger partial charge in [-0.2, -0.15) is 0 Å². The molecule has 2 heterocycles. The second-order valence-corrected chi connectivity index (χ2v) is 6.07. The molecule has 1 amide bonds. The van der Waals surface area contributed by atoms with Gasteiger partial charge in [0.15, 0.2) is 5.78 Å². The van der Waals surface area contributed by atoms with Crippen molar-refractivity contribution in [3.8, 4) is 5.88 Å². The van der Waals surface area contributed by atoms with Crippen molar-refractivity contribution in [2.75, 3.05) is 13.1 Å². The van der Waals surface area contributed by atoms with E-state index in [1.165, 1.54) is 0 Å². The second kappa shape index (κ2) is 7.45. The topological polar surface area (TPSA) is 59.5 Å². The average Bonchev–Trinajstić information content (AvgIpc) is 2.57. The summed E-state index contributed by atoms with van der Waals surface area (Å²) in [6.07, 6.45) is 2.04. The highest BCUT2D eigenvalue weighted by atomic mass is 35.5. The van der Waals surface area contributed by atoms with E-state index in [1.807, 2.05) is 12.1 Å². The maximum absolute atomic E-state index is 12.1. The molecule has 6 heteroatoms. The fourth-order valence-electron chi connectivity index (χ4n) is 2.46. The van der Waals surface area contributed by atoms with E-state index in [4.69, 9.17) is 16.3 Å². The number of hydrogen-bond acceptors (Lipinski definition) is 4. The minimum absolute atomic E-state index is 0.0295. The Morgan fingerprint density at radius 2 is 1.88 bits per heavy atom. The van der Waals surface area contributed by atoms with Crippen molar-refractivity contribution in [2.45, 2.75) is 18.9 Å². The van der Waals surface area contributed by atoms with Crippen LogP contribution in [0, 0.1) is 0 Å². The van der Waals surface area contributed by atoms with Gasteiger partial charge < -0.3 is 9.64 Å². The van der Waals surface area contributed by atoms with Crippen LogP contribution in [0.15, 0.2) is 48.7 Å². The van der Waals surface area contributed by atoms with Gasteiger partial charge >= 0.3 is 0 Å². The molecular weight excluding hydrogens is 328 g/mol. The quantitative estimate of drug-likeness (QED) is 0.756. The molecule has 0 saturated carbocycles. The van der Waals surface area contributed by atoms with E-state index >= 15 is 0 Å². The third-order valence-corrected chi connectivity index (χ3v) is 4.11. The van der Waals surface area contributed by atoms with Gasteiger partial charge in [-0.15, -0.1) is 0 Å². The van der Waals surface area contributed by atoms with Crippen molar-refractivity contribution in [3.63, 3.8) is 0 Å². The van der Waals surface area contributed by atoms with Gasteiger partial charge in [0, 0.05) is 35.7 Å². The zero-order chi connectivity index (χ0) is 16.9. The summed E-state index contributed by atoms with van der Waals surface area (Å²) in [6, 6.07) is 12.2. The van der Waals surface area contributed by atoms with Crippen LogP contribution in [0.2, 0.25) is 5.02 Å². The van der Waals surface area contributed by atoms with Crippen LogP contribution < -0.4 is 4.74 Å². The largest absolute Gasteiger partial charge is 0.471 e. The molecule has 124 valence electrons. The van der Waals surface area contributed by atoms with Crippen molar-refractivity contribution in [2.24, 2.45) is 0 Å². The molecule has 0 radical (unpaired) electrons. The van der Waals surface area contributed by atoms with Gasteiger partial charge in [0.1, 0.15) is 6.10 Å². The third-order valence-electron chi connectivity index (χ3n) is 3.86. The zero-order valence-electron chi connectivity index (χ0n) is 13.0. The first-order valence-corrected chi connectivity index (χ1v) is 8.14. The molecule has 0 bridgehead atoms. The van der Waals surface area contributed by atoms with E-state index in [-0.39, 0.29) is 30.6 Å². The number of ketones is 1. The third kappa shape index (κ3) is 4.11. The SMILES string of the molecule is O=C(CCC(=O)N1CC(Oc2ccccn2)C1)c1ccc(Cl)cc1. The monoisotopic (exact) mass is 344 g/mol. The predicted octanol–water partition coefficient (Wildman–Crippen LogP) is 2.99. The number of ether oxygens (including phenoxy) is 1. The first-order valence-electron chi connectivity index (χ1n) is 7.76.